The van der Waals surface area contributed by atoms with E-state index in [1.165, 1.54) is 10.9 Å². The number of aromatic nitrogens is 3. The number of amides is 1. The Morgan fingerprint density at radius 3 is 3.14 bits per heavy atom. The molecule has 0 unspecified atom stereocenters. The van der Waals surface area contributed by atoms with Crippen LogP contribution in [0, 0.1) is 0 Å². The van der Waals surface area contributed by atoms with E-state index < -0.39 is 5.91 Å². The van der Waals surface area contributed by atoms with Gasteiger partial charge in [-0.05, 0) is 12.1 Å². The minimum atomic E-state index is -0.488. The highest BCUT2D eigenvalue weighted by atomic mass is 16.7. The molecule has 1 amide bonds. The number of carbonyl (C=O) groups is 1. The van der Waals surface area contributed by atoms with Crippen LogP contribution in [0.25, 0.3) is 0 Å². The number of nitrogens with zero attached hydrogens (tertiary/aromatic N) is 3. The van der Waals surface area contributed by atoms with Gasteiger partial charge in [0.05, 0.1) is 12.7 Å². The molecule has 0 spiro atoms. The van der Waals surface area contributed by atoms with E-state index in [1.807, 2.05) is 5.43 Å². The number of hydrogen-bond donors (Lipinski definition) is 2. The van der Waals surface area contributed by atoms with Crippen molar-refractivity contribution < 1.29 is 19.0 Å². The number of hydrogen-bond acceptors (Lipinski definition) is 7. The highest BCUT2D eigenvalue weighted by Crippen LogP contribution is 2.34. The van der Waals surface area contributed by atoms with Gasteiger partial charge in [-0.3, -0.25) is 10.2 Å². The third-order valence-electron chi connectivity index (χ3n) is 2.84. The molecule has 0 radical (unpaired) electrons. The molecule has 0 atom stereocenters. The molecular formula is C12H13N5O4. The van der Waals surface area contributed by atoms with Gasteiger partial charge in [-0.1, -0.05) is 5.21 Å². The second-order valence-electron chi connectivity index (χ2n) is 4.20. The van der Waals surface area contributed by atoms with Gasteiger partial charge < -0.3 is 14.2 Å². The van der Waals surface area contributed by atoms with Crippen molar-refractivity contribution in [1.82, 2.24) is 20.4 Å². The van der Waals surface area contributed by atoms with Crippen LogP contribution in [0.5, 0.6) is 17.2 Å². The van der Waals surface area contributed by atoms with E-state index in [9.17, 15) is 4.79 Å². The van der Waals surface area contributed by atoms with Crippen molar-refractivity contribution in [2.45, 2.75) is 6.54 Å². The number of nitrogens with two attached hydrogens (primary N) is 1. The van der Waals surface area contributed by atoms with Gasteiger partial charge >= 0.3 is 0 Å². The summed E-state index contributed by atoms with van der Waals surface area (Å²) in [5.41, 5.74) is 2.14. The summed E-state index contributed by atoms with van der Waals surface area (Å²) in [6.45, 7) is 1.04. The third kappa shape index (κ3) is 2.87. The Labute approximate surface area is 119 Å². The van der Waals surface area contributed by atoms with Crippen LogP contribution in [-0.2, 0) is 6.54 Å². The van der Waals surface area contributed by atoms with E-state index in [1.54, 1.807) is 18.2 Å². The zero-order chi connectivity index (χ0) is 14.7. The lowest BCUT2D eigenvalue weighted by Gasteiger charge is -2.06. The number of hydrazine groups is 1. The molecule has 2 aromatic rings. The first-order valence-electron chi connectivity index (χ1n) is 6.20. The highest BCUT2D eigenvalue weighted by Gasteiger charge is 2.13. The Hall–Kier alpha value is -2.81. The minimum absolute atomic E-state index is 0.153. The fourth-order valence-corrected chi connectivity index (χ4v) is 1.81. The van der Waals surface area contributed by atoms with Crippen LogP contribution in [0.3, 0.4) is 0 Å². The topological polar surface area (TPSA) is 114 Å². The largest absolute Gasteiger partial charge is 0.492 e. The molecule has 1 aromatic carbocycles. The predicted octanol–water partition coefficient (Wildman–Crippen LogP) is -0.311. The summed E-state index contributed by atoms with van der Waals surface area (Å²) in [5, 5.41) is 7.49. The van der Waals surface area contributed by atoms with Crippen LogP contribution in [0.4, 0.5) is 0 Å². The first-order chi connectivity index (χ1) is 10.3. The molecule has 3 rings (SSSR count). The first-order valence-corrected chi connectivity index (χ1v) is 6.20. The monoisotopic (exact) mass is 291 g/mol. The molecule has 110 valence electrons. The van der Waals surface area contributed by atoms with Gasteiger partial charge in [-0.2, -0.15) is 0 Å². The Kier molecular flexibility index (Phi) is 3.56. The summed E-state index contributed by atoms with van der Waals surface area (Å²) >= 11 is 0. The molecule has 1 aromatic heterocycles. The molecule has 0 fully saturated rings. The number of carbonyl (C=O) groups excluding carboxylic acids is 1. The van der Waals surface area contributed by atoms with Crippen LogP contribution in [0.15, 0.2) is 24.4 Å². The molecule has 3 N–H and O–H groups in total. The summed E-state index contributed by atoms with van der Waals surface area (Å²) in [4.78, 5) is 11.2. The minimum Gasteiger partial charge on any atom is -0.492 e. The van der Waals surface area contributed by atoms with Gasteiger partial charge in [-0.15, -0.1) is 5.10 Å². The molecule has 0 aliphatic carbocycles. The lowest BCUT2D eigenvalue weighted by molar-refractivity contribution is 0.0948. The van der Waals surface area contributed by atoms with Gasteiger partial charge in [0.15, 0.2) is 17.2 Å². The fraction of sp³-hybridized carbons (Fsp3) is 0.250. The number of nitrogen functional groups attached to an aromatic ring is 1. The summed E-state index contributed by atoms with van der Waals surface area (Å²) in [6.07, 6.45) is 1.49. The van der Waals surface area contributed by atoms with Crippen molar-refractivity contribution in [1.29, 1.82) is 0 Å². The lowest BCUT2D eigenvalue weighted by atomic mass is 10.3. The van der Waals surface area contributed by atoms with Crippen LogP contribution < -0.4 is 25.5 Å². The summed E-state index contributed by atoms with van der Waals surface area (Å²) in [7, 11) is 0. The van der Waals surface area contributed by atoms with Crippen molar-refractivity contribution in [3.05, 3.63) is 30.1 Å². The molecule has 0 saturated heterocycles. The van der Waals surface area contributed by atoms with Gasteiger partial charge in [-0.25, -0.2) is 10.5 Å². The van der Waals surface area contributed by atoms with E-state index in [0.717, 1.165) is 0 Å². The number of fused-ring (bicyclic) bond motifs is 1. The van der Waals surface area contributed by atoms with E-state index >= 15 is 0 Å². The van der Waals surface area contributed by atoms with Crippen molar-refractivity contribution in [2.75, 3.05) is 13.4 Å². The standard InChI is InChI=1S/C12H13N5O4/c13-14-12(18)9-6-17(16-15-9)3-4-19-8-1-2-10-11(5-8)21-7-20-10/h1-2,5-6H,3-4,7,13H2,(H,14,18). The molecule has 2 heterocycles. The van der Waals surface area contributed by atoms with Crippen LogP contribution in [0.1, 0.15) is 10.5 Å². The molecule has 1 aliphatic heterocycles. The van der Waals surface area contributed by atoms with Crippen molar-refractivity contribution in [3.8, 4) is 17.2 Å². The Bertz CT molecular complexity index is 657. The quantitative estimate of drug-likeness (QED) is 0.441. The Morgan fingerprint density at radius 2 is 2.29 bits per heavy atom. The predicted molar refractivity (Wildman–Crippen MR) is 69.7 cm³/mol. The van der Waals surface area contributed by atoms with Gasteiger partial charge in [0, 0.05) is 6.07 Å². The summed E-state index contributed by atoms with van der Waals surface area (Å²) in [6, 6.07) is 5.34. The van der Waals surface area contributed by atoms with E-state index in [4.69, 9.17) is 20.1 Å². The number of benzene rings is 1. The van der Waals surface area contributed by atoms with Crippen LogP contribution >= 0.6 is 0 Å². The second-order valence-corrected chi connectivity index (χ2v) is 4.20. The Balaban J connectivity index is 1.54. The molecule has 0 saturated carbocycles. The maximum Gasteiger partial charge on any atom is 0.287 e. The zero-order valence-corrected chi connectivity index (χ0v) is 11.0. The molecule has 9 nitrogen and oxygen atoms in total. The molecule has 9 heteroatoms. The molecule has 0 bridgehead atoms. The fourth-order valence-electron chi connectivity index (χ4n) is 1.81. The maximum absolute atomic E-state index is 11.2. The highest BCUT2D eigenvalue weighted by molar-refractivity contribution is 5.91. The second kappa shape index (κ2) is 5.67. The van der Waals surface area contributed by atoms with E-state index in [2.05, 4.69) is 10.3 Å². The number of nitrogens with one attached hydrogen (secondary N) is 1. The number of ether oxygens (including phenoxy) is 3. The van der Waals surface area contributed by atoms with Crippen LogP contribution in [-0.4, -0.2) is 34.3 Å². The lowest BCUT2D eigenvalue weighted by Crippen LogP contribution is -2.30. The summed E-state index contributed by atoms with van der Waals surface area (Å²) < 4.78 is 17.6. The van der Waals surface area contributed by atoms with Gasteiger partial charge in [0.2, 0.25) is 6.79 Å². The van der Waals surface area contributed by atoms with Crippen molar-refractivity contribution in [3.63, 3.8) is 0 Å². The smallest absolute Gasteiger partial charge is 0.287 e. The average Bonchev–Trinajstić information content (AvgIpc) is 3.14. The first kappa shape index (κ1) is 13.2. The summed E-state index contributed by atoms with van der Waals surface area (Å²) in [5.74, 6) is 6.56. The maximum atomic E-state index is 11.2. The van der Waals surface area contributed by atoms with Crippen molar-refractivity contribution >= 4 is 5.91 Å². The van der Waals surface area contributed by atoms with Crippen molar-refractivity contribution in [2.24, 2.45) is 5.84 Å². The normalized spacial score (nSPS) is 12.2. The number of rotatable bonds is 5. The molecule has 1 aliphatic rings. The Morgan fingerprint density at radius 1 is 1.43 bits per heavy atom. The van der Waals surface area contributed by atoms with Gasteiger partial charge in [0.25, 0.3) is 5.91 Å². The van der Waals surface area contributed by atoms with Crippen LogP contribution in [0.2, 0.25) is 0 Å². The van der Waals surface area contributed by atoms with Gasteiger partial charge in [0.1, 0.15) is 12.4 Å². The van der Waals surface area contributed by atoms with E-state index in [0.29, 0.717) is 30.4 Å². The third-order valence-corrected chi connectivity index (χ3v) is 2.84. The van der Waals surface area contributed by atoms with E-state index in [-0.39, 0.29) is 12.5 Å². The molecular weight excluding hydrogens is 278 g/mol. The average molecular weight is 291 g/mol. The SMILES string of the molecule is NNC(=O)c1cn(CCOc2ccc3c(c2)OCO3)nn1. The zero-order valence-electron chi connectivity index (χ0n) is 11.0. The molecule has 21 heavy (non-hydrogen) atoms.